The lowest BCUT2D eigenvalue weighted by molar-refractivity contribution is 0.0595. The summed E-state index contributed by atoms with van der Waals surface area (Å²) in [6.07, 6.45) is 5.04. The van der Waals surface area contributed by atoms with Gasteiger partial charge in [0.2, 0.25) is 0 Å². The number of rotatable bonds is 1. The number of aryl methyl sites for hydroxylation is 1. The van der Waals surface area contributed by atoms with Crippen LogP contribution in [0.5, 0.6) is 0 Å². The molecule has 1 aliphatic carbocycles. The molecule has 3 aromatic rings. The molecule has 0 bridgehead atoms. The third-order valence-corrected chi connectivity index (χ3v) is 5.90. The van der Waals surface area contributed by atoms with Crippen molar-refractivity contribution in [2.45, 2.75) is 31.2 Å². The van der Waals surface area contributed by atoms with E-state index in [4.69, 9.17) is 0 Å². The molecule has 2 unspecified atom stereocenters. The number of benzene rings is 2. The molecule has 2 aliphatic rings. The average molecular weight is 331 g/mol. The van der Waals surface area contributed by atoms with Crippen LogP contribution in [0, 0.1) is 0 Å². The van der Waals surface area contributed by atoms with Crippen molar-refractivity contribution in [3.63, 3.8) is 0 Å². The monoisotopic (exact) mass is 331 g/mol. The minimum absolute atomic E-state index is 0.148. The van der Waals surface area contributed by atoms with Crippen LogP contribution in [0.3, 0.4) is 0 Å². The normalized spacial score (nSPS) is 22.0. The fourth-order valence-electron chi connectivity index (χ4n) is 4.67. The van der Waals surface area contributed by atoms with Gasteiger partial charge in [-0.3, -0.25) is 4.79 Å². The average Bonchev–Trinajstić information content (AvgIpc) is 3.21. The molecule has 1 aliphatic heterocycles. The molecule has 2 atom stereocenters. The molecule has 4 heteroatoms. The van der Waals surface area contributed by atoms with Gasteiger partial charge in [-0.1, -0.05) is 24.3 Å². The number of hydrogen-bond acceptors (Lipinski definition) is 2. The van der Waals surface area contributed by atoms with E-state index in [-0.39, 0.29) is 5.91 Å². The molecule has 1 aromatic heterocycles. The summed E-state index contributed by atoms with van der Waals surface area (Å²) in [6.45, 7) is 0.855. The van der Waals surface area contributed by atoms with E-state index in [1.54, 1.807) is 6.33 Å². The van der Waals surface area contributed by atoms with E-state index in [0.717, 1.165) is 36.0 Å². The zero-order chi connectivity index (χ0) is 17.0. The zero-order valence-electron chi connectivity index (χ0n) is 14.4. The van der Waals surface area contributed by atoms with Crippen LogP contribution in [0.25, 0.3) is 11.0 Å². The molecule has 0 saturated carbocycles. The van der Waals surface area contributed by atoms with Crippen LogP contribution in [0.2, 0.25) is 0 Å². The number of piperidine rings is 1. The van der Waals surface area contributed by atoms with Crippen LogP contribution in [0.4, 0.5) is 0 Å². The van der Waals surface area contributed by atoms with E-state index in [0.29, 0.717) is 12.0 Å². The fourth-order valence-corrected chi connectivity index (χ4v) is 4.67. The molecule has 25 heavy (non-hydrogen) atoms. The Kier molecular flexibility index (Phi) is 3.20. The van der Waals surface area contributed by atoms with Crippen LogP contribution < -0.4 is 0 Å². The van der Waals surface area contributed by atoms with Gasteiger partial charge in [0.25, 0.3) is 5.91 Å². The van der Waals surface area contributed by atoms with Crippen molar-refractivity contribution in [2.24, 2.45) is 7.05 Å². The molecule has 1 amide bonds. The first-order valence-electron chi connectivity index (χ1n) is 9.02. The molecule has 0 N–H and O–H groups in total. The summed E-state index contributed by atoms with van der Waals surface area (Å²) in [4.78, 5) is 19.7. The number of carbonyl (C=O) groups is 1. The van der Waals surface area contributed by atoms with Crippen molar-refractivity contribution >= 4 is 16.9 Å². The van der Waals surface area contributed by atoms with Gasteiger partial charge in [-0.25, -0.2) is 4.98 Å². The maximum Gasteiger partial charge on any atom is 0.254 e. The van der Waals surface area contributed by atoms with E-state index < -0.39 is 0 Å². The van der Waals surface area contributed by atoms with Crippen LogP contribution in [0.1, 0.15) is 40.2 Å². The number of carbonyl (C=O) groups excluding carboxylic acids is 1. The Bertz CT molecular complexity index is 974. The molecule has 126 valence electrons. The summed E-state index contributed by atoms with van der Waals surface area (Å²) < 4.78 is 1.98. The van der Waals surface area contributed by atoms with Crippen LogP contribution >= 0.6 is 0 Å². The van der Waals surface area contributed by atoms with Gasteiger partial charge in [0.05, 0.1) is 17.4 Å². The predicted octanol–water partition coefficient (Wildman–Crippen LogP) is 3.52. The van der Waals surface area contributed by atoms with Gasteiger partial charge in [0.15, 0.2) is 0 Å². The van der Waals surface area contributed by atoms with Crippen molar-refractivity contribution in [3.8, 4) is 0 Å². The SMILES string of the molecule is Cn1cnc2cc(C(=O)N3CCCC4c5ccccc5CC43)ccc21. The fraction of sp³-hybridized carbons (Fsp3) is 0.333. The lowest BCUT2D eigenvalue weighted by atomic mass is 9.88. The number of nitrogens with zero attached hydrogens (tertiary/aromatic N) is 3. The highest BCUT2D eigenvalue weighted by atomic mass is 16.2. The maximum absolute atomic E-state index is 13.2. The third-order valence-electron chi connectivity index (χ3n) is 5.90. The van der Waals surface area contributed by atoms with E-state index >= 15 is 0 Å². The number of hydrogen-bond donors (Lipinski definition) is 0. The van der Waals surface area contributed by atoms with Crippen molar-refractivity contribution in [1.82, 2.24) is 14.5 Å². The van der Waals surface area contributed by atoms with E-state index in [9.17, 15) is 4.79 Å². The Morgan fingerprint density at radius 1 is 1.20 bits per heavy atom. The molecule has 0 radical (unpaired) electrons. The smallest absolute Gasteiger partial charge is 0.254 e. The summed E-state index contributed by atoms with van der Waals surface area (Å²) in [5.74, 6) is 0.641. The van der Waals surface area contributed by atoms with Gasteiger partial charge in [-0.2, -0.15) is 0 Å². The second kappa shape index (κ2) is 5.45. The van der Waals surface area contributed by atoms with Crippen molar-refractivity contribution in [1.29, 1.82) is 0 Å². The van der Waals surface area contributed by atoms with Gasteiger partial charge < -0.3 is 9.47 Å². The van der Waals surface area contributed by atoms with Crippen molar-refractivity contribution in [2.75, 3.05) is 6.54 Å². The Balaban J connectivity index is 1.48. The number of amides is 1. The zero-order valence-corrected chi connectivity index (χ0v) is 14.4. The minimum Gasteiger partial charge on any atom is -0.335 e. The Labute approximate surface area is 147 Å². The van der Waals surface area contributed by atoms with Crippen LogP contribution in [0.15, 0.2) is 48.8 Å². The molecular formula is C21H21N3O. The first-order valence-corrected chi connectivity index (χ1v) is 9.02. The molecule has 2 aromatic carbocycles. The van der Waals surface area contributed by atoms with E-state index in [1.165, 1.54) is 17.5 Å². The topological polar surface area (TPSA) is 38.1 Å². The number of fused-ring (bicyclic) bond motifs is 4. The summed E-state index contributed by atoms with van der Waals surface area (Å²) >= 11 is 0. The van der Waals surface area contributed by atoms with Gasteiger partial charge in [0.1, 0.15) is 0 Å². The van der Waals surface area contributed by atoms with E-state index in [2.05, 4.69) is 34.1 Å². The lowest BCUT2D eigenvalue weighted by Crippen LogP contribution is -2.46. The number of likely N-dealkylation sites (tertiary alicyclic amines) is 1. The molecule has 5 rings (SSSR count). The second-order valence-electron chi connectivity index (χ2n) is 7.28. The first kappa shape index (κ1) is 14.7. The predicted molar refractivity (Wildman–Crippen MR) is 97.7 cm³/mol. The standard InChI is InChI=1S/C21H21N3O/c1-23-13-22-18-11-15(8-9-19(18)23)21(25)24-10-4-7-17-16-6-3-2-5-14(16)12-20(17)24/h2-3,5-6,8-9,11,13,17,20H,4,7,10,12H2,1H3. The van der Waals surface area contributed by atoms with Crippen LogP contribution in [-0.4, -0.2) is 32.9 Å². The molecule has 0 spiro atoms. The van der Waals surface area contributed by atoms with Gasteiger partial charge >= 0.3 is 0 Å². The van der Waals surface area contributed by atoms with Gasteiger partial charge in [0, 0.05) is 31.1 Å². The van der Waals surface area contributed by atoms with Crippen molar-refractivity contribution < 1.29 is 4.79 Å². The highest BCUT2D eigenvalue weighted by molar-refractivity contribution is 5.97. The summed E-state index contributed by atoms with van der Waals surface area (Å²) in [5, 5.41) is 0. The van der Waals surface area contributed by atoms with Crippen molar-refractivity contribution in [3.05, 3.63) is 65.5 Å². The highest BCUT2D eigenvalue weighted by Crippen LogP contribution is 2.42. The lowest BCUT2D eigenvalue weighted by Gasteiger charge is -2.38. The molecule has 1 fully saturated rings. The molecule has 4 nitrogen and oxygen atoms in total. The first-order chi connectivity index (χ1) is 12.2. The maximum atomic E-state index is 13.2. The second-order valence-corrected chi connectivity index (χ2v) is 7.28. The van der Waals surface area contributed by atoms with Crippen LogP contribution in [-0.2, 0) is 13.5 Å². The molecule has 2 heterocycles. The quantitative estimate of drug-likeness (QED) is 0.684. The summed E-state index contributed by atoms with van der Waals surface area (Å²) in [5.41, 5.74) is 5.56. The molecular weight excluding hydrogens is 310 g/mol. The van der Waals surface area contributed by atoms with E-state index in [1.807, 2.05) is 29.8 Å². The summed E-state index contributed by atoms with van der Waals surface area (Å²) in [7, 11) is 1.97. The Morgan fingerprint density at radius 2 is 2.08 bits per heavy atom. The number of imidazole rings is 1. The third kappa shape index (κ3) is 2.20. The summed E-state index contributed by atoms with van der Waals surface area (Å²) in [6, 6.07) is 14.9. The largest absolute Gasteiger partial charge is 0.335 e. The Hall–Kier alpha value is -2.62. The van der Waals surface area contributed by atoms with Gasteiger partial charge in [-0.05, 0) is 48.6 Å². The Morgan fingerprint density at radius 3 is 3.00 bits per heavy atom. The number of aromatic nitrogens is 2. The molecule has 1 saturated heterocycles. The minimum atomic E-state index is 0.148. The van der Waals surface area contributed by atoms with Gasteiger partial charge in [-0.15, -0.1) is 0 Å². The highest BCUT2D eigenvalue weighted by Gasteiger charge is 2.40.